The van der Waals surface area contributed by atoms with Gasteiger partial charge in [-0.15, -0.1) is 0 Å². The zero-order chi connectivity index (χ0) is 9.35. The van der Waals surface area contributed by atoms with E-state index in [1.54, 1.807) is 26.1 Å². The van der Waals surface area contributed by atoms with Gasteiger partial charge in [0.15, 0.2) is 0 Å². The molecule has 0 aliphatic rings. The van der Waals surface area contributed by atoms with Gasteiger partial charge in [0, 0.05) is 16.7 Å². The summed E-state index contributed by atoms with van der Waals surface area (Å²) in [6, 6.07) is 3.05. The van der Waals surface area contributed by atoms with Crippen molar-refractivity contribution in [1.82, 2.24) is 4.57 Å². The highest BCUT2D eigenvalue weighted by Crippen LogP contribution is 2.11. The van der Waals surface area contributed by atoms with E-state index in [1.807, 2.05) is 0 Å². The third-order valence-electron chi connectivity index (χ3n) is 1.46. The van der Waals surface area contributed by atoms with E-state index in [0.717, 1.165) is 4.47 Å². The molecule has 4 heteroatoms. The average Bonchev–Trinajstić information content (AvgIpc) is 1.92. The van der Waals surface area contributed by atoms with Crippen molar-refractivity contribution in [3.05, 3.63) is 33.2 Å². The quantitative estimate of drug-likeness (QED) is 0.792. The van der Waals surface area contributed by atoms with Crippen molar-refractivity contribution in [3.63, 3.8) is 0 Å². The van der Waals surface area contributed by atoms with Crippen LogP contribution in [0.25, 0.3) is 0 Å². The molecule has 66 valence electrons. The monoisotopic (exact) mass is 231 g/mol. The molecule has 0 unspecified atom stereocenters. The van der Waals surface area contributed by atoms with Crippen molar-refractivity contribution in [2.45, 2.75) is 19.6 Å². The topological polar surface area (TPSA) is 42.2 Å². The van der Waals surface area contributed by atoms with Gasteiger partial charge in [-0.3, -0.25) is 9.36 Å². The van der Waals surface area contributed by atoms with E-state index >= 15 is 0 Å². The summed E-state index contributed by atoms with van der Waals surface area (Å²) in [4.78, 5) is 11.2. The van der Waals surface area contributed by atoms with Crippen LogP contribution in [0, 0.1) is 0 Å². The summed E-state index contributed by atoms with van der Waals surface area (Å²) >= 11 is 3.22. The van der Waals surface area contributed by atoms with Crippen LogP contribution < -0.4 is 5.56 Å². The fourth-order valence-corrected chi connectivity index (χ4v) is 1.23. The number of aliphatic hydroxyl groups is 1. The molecular formula is C8H10BrNO2. The smallest absolute Gasteiger partial charge is 0.252 e. The molecule has 0 bridgehead atoms. The Hall–Kier alpha value is -0.610. The second kappa shape index (κ2) is 3.03. The van der Waals surface area contributed by atoms with Crippen molar-refractivity contribution in [3.8, 4) is 0 Å². The Morgan fingerprint density at radius 3 is 2.50 bits per heavy atom. The Labute approximate surface area is 78.8 Å². The number of rotatable bonds is 1. The largest absolute Gasteiger partial charge is 0.371 e. The second-order valence-corrected chi connectivity index (χ2v) is 3.97. The zero-order valence-corrected chi connectivity index (χ0v) is 8.50. The van der Waals surface area contributed by atoms with E-state index in [9.17, 15) is 9.90 Å². The van der Waals surface area contributed by atoms with E-state index in [-0.39, 0.29) is 5.56 Å². The molecule has 0 spiro atoms. The van der Waals surface area contributed by atoms with Crippen molar-refractivity contribution >= 4 is 15.9 Å². The maximum absolute atomic E-state index is 11.2. The molecule has 0 aliphatic carbocycles. The van der Waals surface area contributed by atoms with Crippen molar-refractivity contribution < 1.29 is 5.11 Å². The molecule has 12 heavy (non-hydrogen) atoms. The Morgan fingerprint density at radius 1 is 1.50 bits per heavy atom. The van der Waals surface area contributed by atoms with Gasteiger partial charge in [0.25, 0.3) is 5.56 Å². The lowest BCUT2D eigenvalue weighted by atomic mass is 10.3. The van der Waals surface area contributed by atoms with Gasteiger partial charge < -0.3 is 5.11 Å². The Bertz CT molecular complexity index is 338. The number of halogens is 1. The highest BCUT2D eigenvalue weighted by molar-refractivity contribution is 9.10. The lowest BCUT2D eigenvalue weighted by Crippen LogP contribution is -2.35. The summed E-state index contributed by atoms with van der Waals surface area (Å²) in [5.41, 5.74) is -1.37. The van der Waals surface area contributed by atoms with Crippen LogP contribution in [-0.2, 0) is 5.72 Å². The molecule has 0 amide bonds. The van der Waals surface area contributed by atoms with Gasteiger partial charge in [-0.25, -0.2) is 0 Å². The summed E-state index contributed by atoms with van der Waals surface area (Å²) in [6.07, 6.45) is 1.56. The number of aromatic nitrogens is 1. The van der Waals surface area contributed by atoms with Gasteiger partial charge in [-0.1, -0.05) is 0 Å². The number of nitrogens with zero attached hydrogens (tertiary/aromatic N) is 1. The lowest BCUT2D eigenvalue weighted by molar-refractivity contribution is -0.00186. The fourth-order valence-electron chi connectivity index (χ4n) is 0.889. The van der Waals surface area contributed by atoms with E-state index in [4.69, 9.17) is 0 Å². The van der Waals surface area contributed by atoms with E-state index < -0.39 is 5.72 Å². The van der Waals surface area contributed by atoms with Gasteiger partial charge in [0.05, 0.1) is 0 Å². The van der Waals surface area contributed by atoms with Crippen LogP contribution in [0.2, 0.25) is 0 Å². The predicted molar refractivity (Wildman–Crippen MR) is 49.9 cm³/mol. The Balaban J connectivity index is 3.33. The molecule has 0 aromatic carbocycles. The molecule has 1 heterocycles. The maximum Gasteiger partial charge on any atom is 0.252 e. The molecule has 0 fully saturated rings. The van der Waals surface area contributed by atoms with Gasteiger partial charge >= 0.3 is 0 Å². The minimum absolute atomic E-state index is 0.217. The van der Waals surface area contributed by atoms with E-state index in [2.05, 4.69) is 15.9 Å². The average molecular weight is 232 g/mol. The highest BCUT2D eigenvalue weighted by atomic mass is 79.9. The predicted octanol–water partition coefficient (Wildman–Crippen LogP) is 1.30. The van der Waals surface area contributed by atoms with Gasteiger partial charge in [-0.05, 0) is 35.8 Å². The molecule has 0 aliphatic heterocycles. The molecular weight excluding hydrogens is 222 g/mol. The summed E-state index contributed by atoms with van der Waals surface area (Å²) in [5, 5.41) is 9.54. The Kier molecular flexibility index (Phi) is 2.39. The molecule has 3 nitrogen and oxygen atoms in total. The summed E-state index contributed by atoms with van der Waals surface area (Å²) in [5.74, 6) is 0. The van der Waals surface area contributed by atoms with Crippen LogP contribution >= 0.6 is 15.9 Å². The standard InChI is InChI=1S/C8H10BrNO2/c1-8(2,12)10-5-6(9)3-4-7(10)11/h3-5,12H,1-2H3. The van der Waals surface area contributed by atoms with Crippen LogP contribution in [0.3, 0.4) is 0 Å². The first-order chi connectivity index (χ1) is 5.41. The summed E-state index contributed by atoms with van der Waals surface area (Å²) < 4.78 is 2.03. The summed E-state index contributed by atoms with van der Waals surface area (Å²) in [6.45, 7) is 3.11. The maximum atomic E-state index is 11.2. The zero-order valence-electron chi connectivity index (χ0n) is 6.91. The first kappa shape index (κ1) is 9.48. The molecule has 1 aromatic heterocycles. The third-order valence-corrected chi connectivity index (χ3v) is 1.93. The fraction of sp³-hybridized carbons (Fsp3) is 0.375. The first-order valence-electron chi connectivity index (χ1n) is 3.52. The van der Waals surface area contributed by atoms with E-state index in [1.165, 1.54) is 10.6 Å². The summed E-state index contributed by atoms with van der Waals surface area (Å²) in [7, 11) is 0. The van der Waals surface area contributed by atoms with Crippen LogP contribution in [0.4, 0.5) is 0 Å². The Morgan fingerprint density at radius 2 is 2.08 bits per heavy atom. The van der Waals surface area contributed by atoms with Gasteiger partial charge in [-0.2, -0.15) is 0 Å². The number of hydrogen-bond acceptors (Lipinski definition) is 2. The van der Waals surface area contributed by atoms with Crippen LogP contribution in [0.5, 0.6) is 0 Å². The first-order valence-corrected chi connectivity index (χ1v) is 4.31. The molecule has 0 atom stereocenters. The minimum atomic E-state index is -1.15. The molecule has 0 radical (unpaired) electrons. The normalized spacial score (nSPS) is 11.7. The minimum Gasteiger partial charge on any atom is -0.371 e. The van der Waals surface area contributed by atoms with Crippen LogP contribution in [0.15, 0.2) is 27.6 Å². The van der Waals surface area contributed by atoms with Crippen LogP contribution in [-0.4, -0.2) is 9.67 Å². The molecule has 1 aromatic rings. The van der Waals surface area contributed by atoms with Gasteiger partial charge in [0.1, 0.15) is 5.72 Å². The molecule has 1 N–H and O–H groups in total. The van der Waals surface area contributed by atoms with Crippen molar-refractivity contribution in [1.29, 1.82) is 0 Å². The SMILES string of the molecule is CC(C)(O)n1cc(Br)ccc1=O. The number of pyridine rings is 1. The highest BCUT2D eigenvalue weighted by Gasteiger charge is 2.15. The third kappa shape index (κ3) is 1.95. The van der Waals surface area contributed by atoms with Crippen molar-refractivity contribution in [2.24, 2.45) is 0 Å². The number of hydrogen-bond donors (Lipinski definition) is 1. The second-order valence-electron chi connectivity index (χ2n) is 3.05. The van der Waals surface area contributed by atoms with Crippen LogP contribution in [0.1, 0.15) is 13.8 Å². The van der Waals surface area contributed by atoms with Gasteiger partial charge in [0.2, 0.25) is 0 Å². The molecule has 0 saturated carbocycles. The lowest BCUT2D eigenvalue weighted by Gasteiger charge is -2.20. The molecule has 0 saturated heterocycles. The van der Waals surface area contributed by atoms with E-state index in [0.29, 0.717) is 0 Å². The van der Waals surface area contributed by atoms with Crippen molar-refractivity contribution in [2.75, 3.05) is 0 Å². The molecule has 1 rings (SSSR count).